The van der Waals surface area contributed by atoms with Gasteiger partial charge in [-0.3, -0.25) is 9.69 Å². The molecule has 0 saturated carbocycles. The summed E-state index contributed by atoms with van der Waals surface area (Å²) in [6.07, 6.45) is 0.404. The molecule has 8 nitrogen and oxygen atoms in total. The number of nitrogens with one attached hydrogen (secondary N) is 1. The van der Waals surface area contributed by atoms with Crippen molar-refractivity contribution in [3.63, 3.8) is 0 Å². The number of ether oxygens (including phenoxy) is 1. The van der Waals surface area contributed by atoms with Gasteiger partial charge >= 0.3 is 6.09 Å². The zero-order chi connectivity index (χ0) is 21.0. The molecule has 2 aromatic carbocycles. The minimum Gasteiger partial charge on any atom is -0.449 e. The van der Waals surface area contributed by atoms with E-state index in [1.54, 1.807) is 11.0 Å². The van der Waals surface area contributed by atoms with Crippen molar-refractivity contribution >= 4 is 39.5 Å². The van der Waals surface area contributed by atoms with Crippen molar-refractivity contribution in [3.8, 4) is 11.1 Å². The Labute approximate surface area is 171 Å². The Kier molecular flexibility index (Phi) is 4.02. The number of carbonyl (C=O) groups excluding carboxylic acids is 2. The Hall–Kier alpha value is -3.81. The number of carbonyl (C=O) groups is 2. The Morgan fingerprint density at radius 2 is 2.03 bits per heavy atom. The number of benzene rings is 2. The number of aromatic amines is 1. The standard InChI is InChI=1S/C22H20N4O4/c1-11-19(12(2)30-25-11)13-8-16(21(23)27)20-15-10-14(26-6-3-7-29-22(26)28)4-5-17(15)24-18(20)9-13/h4-5,8-10,24H,3,6-7H2,1-2H3,(H2,23,27). The van der Waals surface area contributed by atoms with E-state index in [0.717, 1.165) is 50.7 Å². The molecule has 1 aliphatic heterocycles. The number of fused-ring (bicyclic) bond motifs is 3. The molecule has 3 heterocycles. The third-order valence-corrected chi connectivity index (χ3v) is 5.55. The maximum absolute atomic E-state index is 12.4. The SMILES string of the molecule is Cc1noc(C)c1-c1cc(C(N)=O)c2c(c1)[nH]c1ccc(N3CCCOC3=O)cc12. The number of hydrogen-bond donors (Lipinski definition) is 2. The number of H-pyrrole nitrogens is 1. The van der Waals surface area contributed by atoms with Crippen LogP contribution in [0.5, 0.6) is 0 Å². The number of primary amides is 1. The van der Waals surface area contributed by atoms with Gasteiger partial charge in [0, 0.05) is 45.2 Å². The maximum atomic E-state index is 12.4. The summed E-state index contributed by atoms with van der Waals surface area (Å²) in [6.45, 7) is 4.71. The molecule has 2 amide bonds. The molecule has 5 rings (SSSR count). The number of aryl methyl sites for hydroxylation is 2. The fourth-order valence-electron chi connectivity index (χ4n) is 4.21. The fourth-order valence-corrected chi connectivity index (χ4v) is 4.21. The van der Waals surface area contributed by atoms with E-state index < -0.39 is 5.91 Å². The minimum atomic E-state index is -0.530. The van der Waals surface area contributed by atoms with Crippen LogP contribution in [0.3, 0.4) is 0 Å². The molecule has 152 valence electrons. The number of nitrogens with two attached hydrogens (primary N) is 1. The summed E-state index contributed by atoms with van der Waals surface area (Å²) in [4.78, 5) is 29.5. The fraction of sp³-hybridized carbons (Fsp3) is 0.227. The van der Waals surface area contributed by atoms with Crippen LogP contribution in [0.4, 0.5) is 10.5 Å². The Balaban J connectivity index is 1.75. The zero-order valence-corrected chi connectivity index (χ0v) is 16.6. The summed E-state index contributed by atoms with van der Waals surface area (Å²) in [5.74, 6) is 0.140. The molecule has 0 unspecified atom stereocenters. The van der Waals surface area contributed by atoms with E-state index in [0.29, 0.717) is 24.5 Å². The van der Waals surface area contributed by atoms with Crippen LogP contribution >= 0.6 is 0 Å². The summed E-state index contributed by atoms with van der Waals surface area (Å²) in [6, 6.07) is 9.38. The van der Waals surface area contributed by atoms with Gasteiger partial charge in [-0.05, 0) is 56.2 Å². The molecule has 0 radical (unpaired) electrons. The van der Waals surface area contributed by atoms with Gasteiger partial charge in [-0.25, -0.2) is 4.79 Å². The van der Waals surface area contributed by atoms with E-state index in [1.807, 2.05) is 38.1 Å². The van der Waals surface area contributed by atoms with Gasteiger partial charge in [0.15, 0.2) is 0 Å². The number of aromatic nitrogens is 2. The van der Waals surface area contributed by atoms with Gasteiger partial charge in [0.25, 0.3) is 0 Å². The van der Waals surface area contributed by atoms with Gasteiger partial charge in [0.05, 0.1) is 12.3 Å². The molecule has 3 N–H and O–H groups in total. The van der Waals surface area contributed by atoms with Crippen LogP contribution in [0, 0.1) is 13.8 Å². The van der Waals surface area contributed by atoms with Crippen LogP contribution in [-0.4, -0.2) is 35.3 Å². The maximum Gasteiger partial charge on any atom is 0.414 e. The molecule has 0 atom stereocenters. The number of hydrogen-bond acceptors (Lipinski definition) is 5. The summed E-state index contributed by atoms with van der Waals surface area (Å²) in [5.41, 5.74) is 10.9. The second-order valence-electron chi connectivity index (χ2n) is 7.48. The lowest BCUT2D eigenvalue weighted by Gasteiger charge is -2.26. The van der Waals surface area contributed by atoms with E-state index in [-0.39, 0.29) is 6.09 Å². The quantitative estimate of drug-likeness (QED) is 0.535. The summed E-state index contributed by atoms with van der Waals surface area (Å²) >= 11 is 0. The molecule has 1 saturated heterocycles. The molecule has 8 heteroatoms. The molecular formula is C22H20N4O4. The molecule has 0 spiro atoms. The number of amides is 2. The molecule has 1 aliphatic rings. The van der Waals surface area contributed by atoms with Gasteiger partial charge in [-0.15, -0.1) is 0 Å². The average Bonchev–Trinajstić information content (AvgIpc) is 3.26. The van der Waals surface area contributed by atoms with Crippen molar-refractivity contribution in [2.75, 3.05) is 18.1 Å². The Bertz CT molecular complexity index is 1310. The van der Waals surface area contributed by atoms with E-state index in [2.05, 4.69) is 10.1 Å². The summed E-state index contributed by atoms with van der Waals surface area (Å²) in [5, 5.41) is 5.55. The largest absolute Gasteiger partial charge is 0.449 e. The number of anilines is 1. The van der Waals surface area contributed by atoms with Crippen molar-refractivity contribution in [3.05, 3.63) is 47.3 Å². The third kappa shape index (κ3) is 2.72. The highest BCUT2D eigenvalue weighted by Gasteiger charge is 2.23. The molecule has 30 heavy (non-hydrogen) atoms. The van der Waals surface area contributed by atoms with Crippen LogP contribution in [0.15, 0.2) is 34.9 Å². The lowest BCUT2D eigenvalue weighted by Crippen LogP contribution is -2.37. The number of rotatable bonds is 3. The zero-order valence-electron chi connectivity index (χ0n) is 16.6. The van der Waals surface area contributed by atoms with Crippen molar-refractivity contribution in [1.29, 1.82) is 0 Å². The van der Waals surface area contributed by atoms with E-state index in [1.165, 1.54) is 0 Å². The first-order valence-corrected chi connectivity index (χ1v) is 9.71. The smallest absolute Gasteiger partial charge is 0.414 e. The first-order valence-electron chi connectivity index (χ1n) is 9.71. The number of nitrogens with zero attached hydrogens (tertiary/aromatic N) is 2. The van der Waals surface area contributed by atoms with E-state index in [9.17, 15) is 9.59 Å². The van der Waals surface area contributed by atoms with Crippen molar-refractivity contribution < 1.29 is 18.8 Å². The van der Waals surface area contributed by atoms with Crippen LogP contribution in [0.2, 0.25) is 0 Å². The van der Waals surface area contributed by atoms with Gasteiger partial charge in [-0.2, -0.15) is 0 Å². The minimum absolute atomic E-state index is 0.365. The van der Waals surface area contributed by atoms with Crippen LogP contribution in [0.25, 0.3) is 32.9 Å². The van der Waals surface area contributed by atoms with E-state index >= 15 is 0 Å². The Morgan fingerprint density at radius 3 is 2.73 bits per heavy atom. The average molecular weight is 404 g/mol. The van der Waals surface area contributed by atoms with Crippen LogP contribution in [0.1, 0.15) is 28.2 Å². The second kappa shape index (κ2) is 6.62. The van der Waals surface area contributed by atoms with Gasteiger partial charge in [0.1, 0.15) is 5.76 Å². The van der Waals surface area contributed by atoms with Crippen LogP contribution in [-0.2, 0) is 4.74 Å². The monoisotopic (exact) mass is 404 g/mol. The first-order chi connectivity index (χ1) is 14.4. The summed E-state index contributed by atoms with van der Waals surface area (Å²) < 4.78 is 10.4. The van der Waals surface area contributed by atoms with Gasteiger partial charge < -0.3 is 20.0 Å². The third-order valence-electron chi connectivity index (χ3n) is 5.55. The highest BCUT2D eigenvalue weighted by molar-refractivity contribution is 6.19. The highest BCUT2D eigenvalue weighted by Crippen LogP contribution is 2.36. The predicted octanol–water partition coefficient (Wildman–Crippen LogP) is 4.04. The summed E-state index contributed by atoms with van der Waals surface area (Å²) in [7, 11) is 0. The topological polar surface area (TPSA) is 114 Å². The van der Waals surface area contributed by atoms with Crippen LogP contribution < -0.4 is 10.6 Å². The van der Waals surface area contributed by atoms with Crippen molar-refractivity contribution in [2.24, 2.45) is 5.73 Å². The molecule has 2 aromatic heterocycles. The molecule has 0 aliphatic carbocycles. The van der Waals surface area contributed by atoms with E-state index in [4.69, 9.17) is 15.0 Å². The lowest BCUT2D eigenvalue weighted by atomic mass is 9.97. The molecular weight excluding hydrogens is 384 g/mol. The lowest BCUT2D eigenvalue weighted by molar-refractivity contribution is 0.100. The molecule has 4 aromatic rings. The number of cyclic esters (lactones) is 1. The van der Waals surface area contributed by atoms with Crippen molar-refractivity contribution in [2.45, 2.75) is 20.3 Å². The molecule has 1 fully saturated rings. The predicted molar refractivity (Wildman–Crippen MR) is 113 cm³/mol. The second-order valence-corrected chi connectivity index (χ2v) is 7.48. The van der Waals surface area contributed by atoms with Crippen molar-refractivity contribution in [1.82, 2.24) is 10.1 Å². The molecule has 0 bridgehead atoms. The van der Waals surface area contributed by atoms with Gasteiger partial charge in [0.2, 0.25) is 5.91 Å². The Morgan fingerprint density at radius 1 is 1.20 bits per heavy atom. The first kappa shape index (κ1) is 18.2. The highest BCUT2D eigenvalue weighted by atomic mass is 16.6. The van der Waals surface area contributed by atoms with Gasteiger partial charge in [-0.1, -0.05) is 5.16 Å². The normalized spacial score (nSPS) is 14.5.